The molecule has 0 amide bonds. The van der Waals surface area contributed by atoms with E-state index in [9.17, 15) is 43.6 Å². The average molecular weight is 1010 g/mol. The number of alkyl halides is 3. The zero-order valence-electron chi connectivity index (χ0n) is 38.5. The van der Waals surface area contributed by atoms with Crippen molar-refractivity contribution in [3.8, 4) is 5.75 Å². The van der Waals surface area contributed by atoms with E-state index < -0.39 is 66.1 Å². The number of aliphatic imine (C=N–C) groups is 1. The highest BCUT2D eigenvalue weighted by Crippen LogP contribution is 2.40. The van der Waals surface area contributed by atoms with Crippen LogP contribution in [0.1, 0.15) is 89.0 Å². The molecular weight excluding hydrogens is 954 g/mol. The third-order valence-corrected chi connectivity index (χ3v) is 15.5. The summed E-state index contributed by atoms with van der Waals surface area (Å²) in [5.74, 6) is -12.4. The number of esters is 1. The van der Waals surface area contributed by atoms with Gasteiger partial charge in [0.2, 0.25) is 11.6 Å². The first-order valence-corrected chi connectivity index (χ1v) is 25.5. The van der Waals surface area contributed by atoms with Crippen LogP contribution in [0.3, 0.4) is 0 Å². The van der Waals surface area contributed by atoms with E-state index in [0.717, 1.165) is 83.6 Å². The fourth-order valence-corrected chi connectivity index (χ4v) is 10.8. The molecule has 2 aliphatic rings. The Morgan fingerprint density at radius 1 is 0.754 bits per heavy atom. The van der Waals surface area contributed by atoms with Crippen molar-refractivity contribution in [3.05, 3.63) is 130 Å². The van der Waals surface area contributed by atoms with Crippen molar-refractivity contribution in [1.29, 1.82) is 0 Å². The molecule has 11 nitrogen and oxygen atoms in total. The molecule has 0 bridgehead atoms. The van der Waals surface area contributed by atoms with Crippen molar-refractivity contribution in [3.63, 3.8) is 0 Å². The van der Waals surface area contributed by atoms with Crippen LogP contribution < -0.4 is 18.7 Å². The number of allylic oxidation sites excluding steroid dienone is 3. The van der Waals surface area contributed by atoms with E-state index in [1.54, 1.807) is 24.0 Å². The van der Waals surface area contributed by atoms with Gasteiger partial charge in [0.15, 0.2) is 22.3 Å². The Morgan fingerprint density at radius 3 is 1.83 bits per heavy atom. The van der Waals surface area contributed by atoms with E-state index >= 15 is 8.78 Å². The summed E-state index contributed by atoms with van der Waals surface area (Å²) in [5.41, 5.74) is 1.57. The molecule has 0 heterocycles. The molecule has 20 heteroatoms. The van der Waals surface area contributed by atoms with Gasteiger partial charge in [0, 0.05) is 36.6 Å². The van der Waals surface area contributed by atoms with Gasteiger partial charge in [-0.25, -0.2) is 25.6 Å². The van der Waals surface area contributed by atoms with Crippen molar-refractivity contribution < 1.29 is 61.8 Å². The molecule has 1 fully saturated rings. The van der Waals surface area contributed by atoms with Gasteiger partial charge >= 0.3 is 21.5 Å². The zero-order valence-corrected chi connectivity index (χ0v) is 40.2. The molecule has 1 N–H and O–H groups in total. The van der Waals surface area contributed by atoms with Crippen LogP contribution in [0.15, 0.2) is 94.8 Å². The van der Waals surface area contributed by atoms with Gasteiger partial charge in [0.1, 0.15) is 12.7 Å². The minimum atomic E-state index is -6.76. The van der Waals surface area contributed by atoms with Gasteiger partial charge in [-0.3, -0.25) is 9.79 Å². The fraction of sp³-hybridized carbons (Fsp3) is 0.388. The Labute approximate surface area is 397 Å². The summed E-state index contributed by atoms with van der Waals surface area (Å²) < 4.78 is 157. The van der Waals surface area contributed by atoms with Crippen LogP contribution in [-0.2, 0) is 29.6 Å². The molecule has 3 atom stereocenters. The average Bonchev–Trinajstić information content (AvgIpc) is 3.32. The lowest BCUT2D eigenvalue weighted by Crippen LogP contribution is -2.41. The Balaban J connectivity index is 1.31. The zero-order chi connectivity index (χ0) is 50.4. The molecule has 0 radical (unpaired) electrons. The number of carbonyl (C=O) groups is 1. The molecule has 372 valence electrons. The molecule has 0 saturated heterocycles. The van der Waals surface area contributed by atoms with E-state index in [-0.39, 0.29) is 34.7 Å². The van der Waals surface area contributed by atoms with Crippen molar-refractivity contribution in [2.24, 2.45) is 10.9 Å². The standard InChI is InChI=1S/C49H53F7N4O7S2/c1-6-30(5)48(61)67-40-17-13-12-16-39(40)57-38-27-26-37(35-14-10-11-15-36(35)38)41(31-18-22-33(23-19-31)59(7-2)8-3)32-20-24-34(25-21-32)60(9-4)28-29-66-46-42(50)44(52)47(45(53)43(46)51)68(62,63)58-69(64,65)49(54,55)56/h10-11,14-15,18-27,30,39-40,58H,6-9,12-13,16-17,28-29H2,1-5H3. The number of nitrogens with one attached hydrogen (secondary N) is 1. The van der Waals surface area contributed by atoms with Crippen LogP contribution in [0.4, 0.5) is 42.1 Å². The predicted molar refractivity (Wildman–Crippen MR) is 251 cm³/mol. The number of carbonyl (C=O) groups excluding carboxylic acids is 1. The molecule has 0 aliphatic heterocycles. The summed E-state index contributed by atoms with van der Waals surface area (Å²) in [6.45, 7) is 10.9. The van der Waals surface area contributed by atoms with Gasteiger partial charge in [-0.2, -0.15) is 22.0 Å². The Hall–Kier alpha value is -5.73. The van der Waals surface area contributed by atoms with E-state index in [1.807, 2.05) is 62.4 Å². The van der Waals surface area contributed by atoms with Gasteiger partial charge in [-0.15, -0.1) is 0 Å². The number of anilines is 2. The molecule has 6 rings (SSSR count). The Morgan fingerprint density at radius 2 is 1.29 bits per heavy atom. The normalized spacial score (nSPS) is 18.1. The topological polar surface area (TPSA) is 135 Å². The third-order valence-electron chi connectivity index (χ3n) is 12.2. The first-order valence-electron chi connectivity index (χ1n) is 22.5. The minimum Gasteiger partial charge on any atom is -0.486 e. The lowest BCUT2D eigenvalue weighted by atomic mass is 9.83. The monoisotopic (exact) mass is 1010 g/mol. The summed E-state index contributed by atoms with van der Waals surface area (Å²) in [6.07, 6.45) is 7.82. The highest BCUT2D eigenvalue weighted by molar-refractivity contribution is 8.05. The largest absolute Gasteiger partial charge is 0.512 e. The molecule has 2 aliphatic carbocycles. The van der Waals surface area contributed by atoms with Gasteiger partial charge in [-0.1, -0.05) is 79.0 Å². The Bertz CT molecular complexity index is 2800. The number of hydrogen-bond donors (Lipinski definition) is 1. The third kappa shape index (κ3) is 11.5. The molecule has 0 spiro atoms. The quantitative estimate of drug-likeness (QED) is 0.0587. The predicted octanol–water partition coefficient (Wildman–Crippen LogP) is 10.3. The number of likely N-dealkylation sites (N-methyl/N-ethyl adjacent to an activating group) is 1. The second-order valence-electron chi connectivity index (χ2n) is 16.5. The number of sulfonamides is 2. The van der Waals surface area contributed by atoms with E-state index in [4.69, 9.17) is 14.5 Å². The van der Waals surface area contributed by atoms with Crippen LogP contribution in [0, 0.1) is 29.2 Å². The lowest BCUT2D eigenvalue weighted by Gasteiger charge is -2.30. The molecule has 3 unspecified atom stereocenters. The fourth-order valence-electron chi connectivity index (χ4n) is 8.25. The second-order valence-corrected chi connectivity index (χ2v) is 20.0. The lowest BCUT2D eigenvalue weighted by molar-refractivity contribution is -0.155. The molecule has 4 aromatic rings. The van der Waals surface area contributed by atoms with Crippen LogP contribution >= 0.6 is 0 Å². The van der Waals surface area contributed by atoms with Crippen LogP contribution in [0.2, 0.25) is 0 Å². The van der Waals surface area contributed by atoms with Crippen LogP contribution in [0.25, 0.3) is 11.1 Å². The number of hydrogen-bond acceptors (Lipinski definition) is 10. The number of ether oxygens (including phenoxy) is 2. The van der Waals surface area contributed by atoms with Crippen molar-refractivity contribution in [1.82, 2.24) is 4.13 Å². The van der Waals surface area contributed by atoms with Crippen molar-refractivity contribution >= 4 is 54.2 Å². The summed E-state index contributed by atoms with van der Waals surface area (Å²) in [4.78, 5) is 19.4. The van der Waals surface area contributed by atoms with Gasteiger partial charge in [0.25, 0.3) is 10.0 Å². The SMILES string of the molecule is CCC(C)C(=O)OC1CCCCC1N=C1C=CC(=C(c2ccc(N(CC)CC)cc2)c2ccc(N(CC)CCOc3c(F)c(F)c(S(=O)(=O)NS(=O)(=O)C(F)(F)F)c(F)c3F)cc2)c2ccccc21. The van der Waals surface area contributed by atoms with E-state index in [2.05, 4.69) is 43.0 Å². The van der Waals surface area contributed by atoms with Gasteiger partial charge in [-0.05, 0) is 105 Å². The number of fused-ring (bicyclic) bond motifs is 1. The van der Waals surface area contributed by atoms with Crippen LogP contribution in [0.5, 0.6) is 5.75 Å². The maximum Gasteiger partial charge on any atom is 0.512 e. The maximum atomic E-state index is 15.0. The summed E-state index contributed by atoms with van der Waals surface area (Å²) in [7, 11) is -13.1. The number of nitrogens with zero attached hydrogens (tertiary/aromatic N) is 3. The van der Waals surface area contributed by atoms with E-state index in [0.29, 0.717) is 18.7 Å². The first-order chi connectivity index (χ1) is 32.7. The van der Waals surface area contributed by atoms with Crippen molar-refractivity contribution in [2.45, 2.75) is 89.3 Å². The van der Waals surface area contributed by atoms with Crippen molar-refractivity contribution in [2.75, 3.05) is 42.6 Å². The first kappa shape index (κ1) is 52.6. The molecular formula is C49H53F7N4O7S2. The maximum absolute atomic E-state index is 15.0. The molecule has 0 aromatic heterocycles. The Kier molecular flexibility index (Phi) is 16.7. The number of benzene rings is 4. The highest BCUT2D eigenvalue weighted by Gasteiger charge is 2.50. The second kappa shape index (κ2) is 21.9. The number of rotatable bonds is 18. The molecule has 4 aromatic carbocycles. The molecule has 69 heavy (non-hydrogen) atoms. The summed E-state index contributed by atoms with van der Waals surface area (Å²) in [5, 5.41) is 0. The minimum absolute atomic E-state index is 0.0407. The highest BCUT2D eigenvalue weighted by atomic mass is 32.3. The van der Waals surface area contributed by atoms with Gasteiger partial charge in [0.05, 0.1) is 24.2 Å². The number of halogens is 7. The summed E-state index contributed by atoms with van der Waals surface area (Å²) >= 11 is 0. The summed E-state index contributed by atoms with van der Waals surface area (Å²) in [6, 6.07) is 23.4. The van der Waals surface area contributed by atoms with Gasteiger partial charge < -0.3 is 19.3 Å². The smallest absolute Gasteiger partial charge is 0.486 e. The molecule has 1 saturated carbocycles. The van der Waals surface area contributed by atoms with Crippen LogP contribution in [-0.4, -0.2) is 79.0 Å². The van der Waals surface area contributed by atoms with E-state index in [1.165, 1.54) is 0 Å².